The summed E-state index contributed by atoms with van der Waals surface area (Å²) in [6.45, 7) is 5.99. The van der Waals surface area contributed by atoms with Gasteiger partial charge >= 0.3 is 0 Å². The molecule has 6 nitrogen and oxygen atoms in total. The Morgan fingerprint density at radius 1 is 1.16 bits per heavy atom. The molecule has 1 amide bonds. The first kappa shape index (κ1) is 20.8. The molecule has 0 aliphatic rings. The maximum absolute atomic E-state index is 11.8. The monoisotopic (exact) mass is 348 g/mol. The molecule has 0 radical (unpaired) electrons. The highest BCUT2D eigenvalue weighted by atomic mass is 16.5. The Bertz CT molecular complexity index is 537. The topological polar surface area (TPSA) is 66.0 Å². The van der Waals surface area contributed by atoms with Gasteiger partial charge in [-0.15, -0.1) is 0 Å². The van der Waals surface area contributed by atoms with Crippen molar-refractivity contribution in [1.29, 1.82) is 0 Å². The van der Waals surface area contributed by atoms with Crippen LogP contribution in [0.5, 0.6) is 5.75 Å². The number of carbonyl (C=O) groups excluding carboxylic acids is 1. The van der Waals surface area contributed by atoms with E-state index < -0.39 is 0 Å². The van der Waals surface area contributed by atoms with E-state index in [0.29, 0.717) is 18.4 Å². The van der Waals surface area contributed by atoms with Crippen molar-refractivity contribution >= 4 is 11.9 Å². The molecule has 0 heterocycles. The Morgan fingerprint density at radius 3 is 2.32 bits per heavy atom. The van der Waals surface area contributed by atoms with Crippen LogP contribution in [-0.2, 0) is 11.3 Å². The fourth-order valence-corrected chi connectivity index (χ4v) is 2.21. The average Bonchev–Trinajstić information content (AvgIpc) is 2.63. The van der Waals surface area contributed by atoms with Crippen molar-refractivity contribution < 1.29 is 9.53 Å². The second-order valence-corrected chi connectivity index (χ2v) is 6.22. The molecule has 0 spiro atoms. The third-order valence-electron chi connectivity index (χ3n) is 4.20. The van der Waals surface area contributed by atoms with Gasteiger partial charge in [-0.1, -0.05) is 38.8 Å². The van der Waals surface area contributed by atoms with Gasteiger partial charge in [0.2, 0.25) is 5.91 Å². The van der Waals surface area contributed by atoms with Crippen LogP contribution >= 0.6 is 0 Å². The van der Waals surface area contributed by atoms with E-state index in [0.717, 1.165) is 30.7 Å². The van der Waals surface area contributed by atoms with Crippen LogP contribution in [0.2, 0.25) is 0 Å². The minimum absolute atomic E-state index is 0.0153. The van der Waals surface area contributed by atoms with Gasteiger partial charge in [0.15, 0.2) is 5.96 Å². The van der Waals surface area contributed by atoms with Crippen LogP contribution in [0.1, 0.15) is 32.3 Å². The average molecular weight is 348 g/mol. The van der Waals surface area contributed by atoms with Crippen LogP contribution in [-0.4, -0.2) is 51.1 Å². The second kappa shape index (κ2) is 11.3. The molecule has 0 bridgehead atoms. The summed E-state index contributed by atoms with van der Waals surface area (Å²) in [7, 11) is 5.14. The second-order valence-electron chi connectivity index (χ2n) is 6.22. The fourth-order valence-electron chi connectivity index (χ4n) is 2.21. The first-order chi connectivity index (χ1) is 12.0. The van der Waals surface area contributed by atoms with E-state index in [1.165, 1.54) is 0 Å². The highest BCUT2D eigenvalue weighted by Gasteiger charge is 2.08. The number of amides is 1. The Balaban J connectivity index is 2.70. The summed E-state index contributed by atoms with van der Waals surface area (Å²) in [6.07, 6.45) is 2.23. The molecule has 0 aliphatic carbocycles. The molecule has 0 unspecified atom stereocenters. The minimum Gasteiger partial charge on any atom is -0.497 e. The molecule has 0 saturated carbocycles. The van der Waals surface area contributed by atoms with Crippen molar-refractivity contribution in [1.82, 2.24) is 15.5 Å². The number of nitrogens with zero attached hydrogens (tertiary/aromatic N) is 2. The van der Waals surface area contributed by atoms with Gasteiger partial charge in [0.1, 0.15) is 5.75 Å². The number of nitrogens with one attached hydrogen (secondary N) is 2. The summed E-state index contributed by atoms with van der Waals surface area (Å²) in [5, 5.41) is 6.47. The number of guanidine groups is 1. The molecule has 0 fully saturated rings. The quantitative estimate of drug-likeness (QED) is 0.531. The van der Waals surface area contributed by atoms with E-state index in [-0.39, 0.29) is 12.5 Å². The van der Waals surface area contributed by atoms with E-state index in [1.807, 2.05) is 24.3 Å². The third-order valence-corrected chi connectivity index (χ3v) is 4.20. The third kappa shape index (κ3) is 7.92. The molecule has 0 aliphatic heterocycles. The number of rotatable bonds is 9. The van der Waals surface area contributed by atoms with Gasteiger partial charge < -0.3 is 20.3 Å². The molecule has 1 rings (SSSR count). The Morgan fingerprint density at radius 2 is 1.80 bits per heavy atom. The number of carbonyl (C=O) groups is 1. The van der Waals surface area contributed by atoms with Crippen molar-refractivity contribution in [2.75, 3.05) is 34.3 Å². The smallest absolute Gasteiger partial charge is 0.241 e. The van der Waals surface area contributed by atoms with Crippen LogP contribution in [0.15, 0.2) is 29.3 Å². The van der Waals surface area contributed by atoms with Gasteiger partial charge in [-0.3, -0.25) is 4.79 Å². The summed E-state index contributed by atoms with van der Waals surface area (Å²) in [6, 6.07) is 7.83. The number of benzene rings is 1. The standard InChI is InChI=1S/C19H32N4O2/c1-6-15(7-2)12-20-19(22-14-18(24)23(3)4)21-13-16-8-10-17(25-5)11-9-16/h8-11,15H,6-7,12-14H2,1-5H3,(H2,20,21,22). The molecule has 140 valence electrons. The normalized spacial score (nSPS) is 11.4. The van der Waals surface area contributed by atoms with Crippen LogP contribution in [0, 0.1) is 5.92 Å². The zero-order valence-corrected chi connectivity index (χ0v) is 16.1. The molecule has 0 saturated heterocycles. The molecule has 1 aromatic rings. The number of ether oxygens (including phenoxy) is 1. The van der Waals surface area contributed by atoms with Gasteiger partial charge in [-0.25, -0.2) is 4.99 Å². The summed E-state index contributed by atoms with van der Waals surface area (Å²) in [5.74, 6) is 2.10. The summed E-state index contributed by atoms with van der Waals surface area (Å²) < 4.78 is 5.17. The van der Waals surface area contributed by atoms with Gasteiger partial charge in [0, 0.05) is 20.6 Å². The molecule has 25 heavy (non-hydrogen) atoms. The number of hydrogen-bond donors (Lipinski definition) is 2. The predicted octanol–water partition coefficient (Wildman–Crippen LogP) is 2.25. The van der Waals surface area contributed by atoms with Crippen LogP contribution in [0.3, 0.4) is 0 Å². The maximum Gasteiger partial charge on any atom is 0.241 e. The lowest BCUT2D eigenvalue weighted by Crippen LogP contribution is -2.44. The fraction of sp³-hybridized carbons (Fsp3) is 0.579. The van der Waals surface area contributed by atoms with E-state index >= 15 is 0 Å². The molecule has 0 atom stereocenters. The number of hydrogen-bond acceptors (Lipinski definition) is 3. The van der Waals surface area contributed by atoms with Crippen molar-refractivity contribution in [3.05, 3.63) is 29.8 Å². The Labute approximate surface area is 151 Å². The summed E-state index contributed by atoms with van der Waals surface area (Å²) in [4.78, 5) is 18.0. The Kier molecular flexibility index (Phi) is 9.43. The SMILES string of the molecule is CCC(CC)CNC(=NCc1ccc(OC)cc1)NCC(=O)N(C)C. The lowest BCUT2D eigenvalue weighted by molar-refractivity contribution is -0.127. The zero-order chi connectivity index (χ0) is 18.7. The minimum atomic E-state index is 0.0153. The number of aliphatic imine (C=N–C) groups is 1. The highest BCUT2D eigenvalue weighted by Crippen LogP contribution is 2.12. The molecular weight excluding hydrogens is 316 g/mol. The predicted molar refractivity (Wildman–Crippen MR) is 103 cm³/mol. The van der Waals surface area contributed by atoms with Crippen LogP contribution in [0.4, 0.5) is 0 Å². The number of methoxy groups -OCH3 is 1. The van der Waals surface area contributed by atoms with Gasteiger partial charge in [0.25, 0.3) is 0 Å². The first-order valence-corrected chi connectivity index (χ1v) is 8.85. The lowest BCUT2D eigenvalue weighted by atomic mass is 10.0. The van der Waals surface area contributed by atoms with Crippen molar-refractivity contribution in [3.63, 3.8) is 0 Å². The van der Waals surface area contributed by atoms with E-state index in [9.17, 15) is 4.79 Å². The van der Waals surface area contributed by atoms with Gasteiger partial charge in [-0.05, 0) is 23.6 Å². The van der Waals surface area contributed by atoms with Crippen molar-refractivity contribution in [2.24, 2.45) is 10.9 Å². The van der Waals surface area contributed by atoms with Crippen LogP contribution < -0.4 is 15.4 Å². The molecule has 1 aromatic carbocycles. The van der Waals surface area contributed by atoms with Crippen LogP contribution in [0.25, 0.3) is 0 Å². The number of likely N-dealkylation sites (N-methyl/N-ethyl adjacent to an activating group) is 1. The van der Waals surface area contributed by atoms with Crippen molar-refractivity contribution in [2.45, 2.75) is 33.2 Å². The molecule has 6 heteroatoms. The highest BCUT2D eigenvalue weighted by molar-refractivity contribution is 5.86. The van der Waals surface area contributed by atoms with Gasteiger partial charge in [0.05, 0.1) is 20.2 Å². The summed E-state index contributed by atoms with van der Waals surface area (Å²) in [5.41, 5.74) is 1.09. The first-order valence-electron chi connectivity index (χ1n) is 8.85. The largest absolute Gasteiger partial charge is 0.497 e. The van der Waals surface area contributed by atoms with Crippen molar-refractivity contribution in [3.8, 4) is 5.75 Å². The lowest BCUT2D eigenvalue weighted by Gasteiger charge is -2.18. The van der Waals surface area contributed by atoms with E-state index in [4.69, 9.17) is 4.74 Å². The summed E-state index contributed by atoms with van der Waals surface area (Å²) >= 11 is 0. The Hall–Kier alpha value is -2.24. The van der Waals surface area contributed by atoms with E-state index in [2.05, 4.69) is 29.5 Å². The molecule has 0 aromatic heterocycles. The zero-order valence-electron chi connectivity index (χ0n) is 16.1. The van der Waals surface area contributed by atoms with E-state index in [1.54, 1.807) is 26.1 Å². The maximum atomic E-state index is 11.8. The molecular formula is C19H32N4O2. The molecule has 2 N–H and O–H groups in total. The van der Waals surface area contributed by atoms with Gasteiger partial charge in [-0.2, -0.15) is 0 Å².